The van der Waals surface area contributed by atoms with Crippen molar-refractivity contribution in [2.45, 2.75) is 18.8 Å². The molecule has 0 aliphatic heterocycles. The maximum absolute atomic E-state index is 12.7. The van der Waals surface area contributed by atoms with E-state index in [2.05, 4.69) is 5.32 Å². The van der Waals surface area contributed by atoms with E-state index in [0.717, 1.165) is 4.88 Å². The molecule has 7 nitrogen and oxygen atoms in total. The monoisotopic (exact) mass is 410 g/mol. The molecular weight excluding hydrogens is 392 g/mol. The zero-order valence-corrected chi connectivity index (χ0v) is 16.7. The molecule has 1 aromatic heterocycles. The van der Waals surface area contributed by atoms with E-state index in [1.165, 1.54) is 31.6 Å². The first-order valence-corrected chi connectivity index (χ1v) is 9.61. The molecule has 1 heterocycles. The lowest BCUT2D eigenvalue weighted by Gasteiger charge is -2.11. The molecule has 1 aromatic carbocycles. The Labute approximate surface area is 171 Å². The third-order valence-corrected chi connectivity index (χ3v) is 5.79. The van der Waals surface area contributed by atoms with Crippen molar-refractivity contribution in [3.05, 3.63) is 57.5 Å². The highest BCUT2D eigenvalue weighted by molar-refractivity contribution is 7.17. The number of nitrogens with zero attached hydrogens (tertiary/aromatic N) is 1. The van der Waals surface area contributed by atoms with Crippen LogP contribution in [0.3, 0.4) is 0 Å². The van der Waals surface area contributed by atoms with Crippen LogP contribution in [0, 0.1) is 11.3 Å². The summed E-state index contributed by atoms with van der Waals surface area (Å²) in [5.41, 5.74) is 1.28. The minimum absolute atomic E-state index is 0.106. The molecular formula is C21H18N2O5S. The summed E-state index contributed by atoms with van der Waals surface area (Å²) in [7, 11) is 2.52. The quantitative estimate of drug-likeness (QED) is 0.461. The molecule has 1 atom stereocenters. The van der Waals surface area contributed by atoms with Crippen LogP contribution >= 0.6 is 11.3 Å². The predicted molar refractivity (Wildman–Crippen MR) is 107 cm³/mol. The molecule has 0 saturated carbocycles. The highest BCUT2D eigenvalue weighted by atomic mass is 32.1. The van der Waals surface area contributed by atoms with Gasteiger partial charge in [-0.1, -0.05) is 30.3 Å². The average molecular weight is 410 g/mol. The molecule has 1 amide bonds. The summed E-state index contributed by atoms with van der Waals surface area (Å²) in [6.45, 7) is 0. The van der Waals surface area contributed by atoms with E-state index in [0.29, 0.717) is 24.0 Å². The van der Waals surface area contributed by atoms with Crippen molar-refractivity contribution in [3.63, 3.8) is 0 Å². The number of nitriles is 1. The molecule has 0 radical (unpaired) electrons. The van der Waals surface area contributed by atoms with Crippen molar-refractivity contribution >= 4 is 40.3 Å². The first-order chi connectivity index (χ1) is 14.0. The summed E-state index contributed by atoms with van der Waals surface area (Å²) in [6, 6.07) is 10.8. The third kappa shape index (κ3) is 4.05. The molecule has 2 aromatic rings. The Morgan fingerprint density at radius 1 is 1.21 bits per heavy atom. The van der Waals surface area contributed by atoms with Crippen LogP contribution in [0.15, 0.2) is 35.9 Å². The standard InChI is InChI=1S/C21H18N2O5S/c1-27-20(25)14-8-9-15-16(14)17(21(26)28-2)19(29-15)23-18(24)13(11-22)10-12-6-4-3-5-7-12/h3-7,10,14H,8-9H2,1-2H3,(H,23,24). The number of aryl methyl sites for hydroxylation is 1. The number of ether oxygens (including phenoxy) is 2. The van der Waals surface area contributed by atoms with E-state index in [1.54, 1.807) is 24.3 Å². The molecule has 3 rings (SSSR count). The second-order valence-corrected chi connectivity index (χ2v) is 7.39. The first kappa shape index (κ1) is 20.3. The highest BCUT2D eigenvalue weighted by Crippen LogP contribution is 2.46. The van der Waals surface area contributed by atoms with Gasteiger partial charge in [0.05, 0.1) is 25.7 Å². The van der Waals surface area contributed by atoms with Crippen LogP contribution in [0.5, 0.6) is 0 Å². The van der Waals surface area contributed by atoms with Gasteiger partial charge in [-0.15, -0.1) is 11.3 Å². The number of amides is 1. The van der Waals surface area contributed by atoms with Crippen molar-refractivity contribution in [2.24, 2.45) is 0 Å². The lowest BCUT2D eigenvalue weighted by Crippen LogP contribution is -2.18. The number of carbonyl (C=O) groups excluding carboxylic acids is 3. The molecule has 1 aliphatic rings. The summed E-state index contributed by atoms with van der Waals surface area (Å²) in [4.78, 5) is 38.0. The van der Waals surface area contributed by atoms with Crippen LogP contribution in [0.25, 0.3) is 6.08 Å². The second kappa shape index (κ2) is 8.71. The van der Waals surface area contributed by atoms with Crippen LogP contribution in [0.4, 0.5) is 5.00 Å². The number of methoxy groups -OCH3 is 2. The van der Waals surface area contributed by atoms with Crippen LogP contribution in [-0.4, -0.2) is 32.1 Å². The van der Waals surface area contributed by atoms with Crippen LogP contribution < -0.4 is 5.32 Å². The van der Waals surface area contributed by atoms with E-state index < -0.39 is 23.8 Å². The Morgan fingerprint density at radius 2 is 1.93 bits per heavy atom. The summed E-state index contributed by atoms with van der Waals surface area (Å²) < 4.78 is 9.72. The Hall–Kier alpha value is -3.44. The highest BCUT2D eigenvalue weighted by Gasteiger charge is 2.38. The normalized spacial score (nSPS) is 15.2. The topological polar surface area (TPSA) is 105 Å². The Bertz CT molecular complexity index is 1030. The Balaban J connectivity index is 1.96. The van der Waals surface area contributed by atoms with Gasteiger partial charge in [-0.05, 0) is 30.0 Å². The fourth-order valence-corrected chi connectivity index (χ4v) is 4.53. The maximum atomic E-state index is 12.7. The lowest BCUT2D eigenvalue weighted by molar-refractivity contribution is -0.142. The summed E-state index contributed by atoms with van der Waals surface area (Å²) >= 11 is 1.21. The predicted octanol–water partition coefficient (Wildman–Crippen LogP) is 3.28. The van der Waals surface area contributed by atoms with Gasteiger partial charge in [-0.25, -0.2) is 4.79 Å². The molecule has 0 fully saturated rings. The largest absolute Gasteiger partial charge is 0.469 e. The molecule has 1 aliphatic carbocycles. The molecule has 0 bridgehead atoms. The number of hydrogen-bond donors (Lipinski definition) is 1. The number of rotatable bonds is 5. The molecule has 0 spiro atoms. The van der Waals surface area contributed by atoms with Crippen LogP contribution in [0.1, 0.15) is 38.7 Å². The van der Waals surface area contributed by atoms with Crippen molar-refractivity contribution in [1.29, 1.82) is 5.26 Å². The minimum Gasteiger partial charge on any atom is -0.469 e. The minimum atomic E-state index is -0.654. The maximum Gasteiger partial charge on any atom is 0.341 e. The van der Waals surface area contributed by atoms with E-state index in [-0.39, 0.29) is 16.1 Å². The number of thiophene rings is 1. The first-order valence-electron chi connectivity index (χ1n) is 8.80. The van der Waals surface area contributed by atoms with Gasteiger partial charge < -0.3 is 14.8 Å². The number of esters is 2. The number of benzene rings is 1. The average Bonchev–Trinajstić information content (AvgIpc) is 3.30. The van der Waals surface area contributed by atoms with Crippen molar-refractivity contribution < 1.29 is 23.9 Å². The Kier molecular flexibility index (Phi) is 6.10. The van der Waals surface area contributed by atoms with Crippen LogP contribution in [-0.2, 0) is 25.5 Å². The van der Waals surface area contributed by atoms with E-state index in [9.17, 15) is 19.6 Å². The fraction of sp³-hybridized carbons (Fsp3) is 0.238. The van der Waals surface area contributed by atoms with Crippen molar-refractivity contribution in [1.82, 2.24) is 0 Å². The van der Waals surface area contributed by atoms with Crippen molar-refractivity contribution in [2.75, 3.05) is 19.5 Å². The second-order valence-electron chi connectivity index (χ2n) is 6.28. The van der Waals surface area contributed by atoms with E-state index in [1.807, 2.05) is 12.1 Å². The zero-order chi connectivity index (χ0) is 21.0. The summed E-state index contributed by atoms with van der Waals surface area (Å²) in [5.74, 6) is -2.32. The number of carbonyl (C=O) groups is 3. The molecule has 1 unspecified atom stereocenters. The zero-order valence-electron chi connectivity index (χ0n) is 15.9. The fourth-order valence-electron chi connectivity index (χ4n) is 3.27. The number of anilines is 1. The van der Waals surface area contributed by atoms with E-state index >= 15 is 0 Å². The van der Waals surface area contributed by atoms with Gasteiger partial charge in [-0.3, -0.25) is 9.59 Å². The van der Waals surface area contributed by atoms with Gasteiger partial charge in [0.1, 0.15) is 16.6 Å². The molecule has 0 saturated heterocycles. The van der Waals surface area contributed by atoms with Gasteiger partial charge in [0, 0.05) is 4.88 Å². The van der Waals surface area contributed by atoms with Gasteiger partial charge in [-0.2, -0.15) is 5.26 Å². The van der Waals surface area contributed by atoms with E-state index in [4.69, 9.17) is 9.47 Å². The number of fused-ring (bicyclic) bond motifs is 1. The lowest BCUT2D eigenvalue weighted by atomic mass is 9.99. The summed E-state index contributed by atoms with van der Waals surface area (Å²) in [5, 5.41) is 12.3. The molecule has 8 heteroatoms. The van der Waals surface area contributed by atoms with Gasteiger partial charge in [0.15, 0.2) is 0 Å². The third-order valence-electron chi connectivity index (χ3n) is 4.61. The molecule has 1 N–H and O–H groups in total. The van der Waals surface area contributed by atoms with Crippen LogP contribution in [0.2, 0.25) is 0 Å². The van der Waals surface area contributed by atoms with Gasteiger partial charge >= 0.3 is 11.9 Å². The van der Waals surface area contributed by atoms with Crippen molar-refractivity contribution in [3.8, 4) is 6.07 Å². The summed E-state index contributed by atoms with van der Waals surface area (Å²) in [6.07, 6.45) is 2.58. The number of nitrogens with one attached hydrogen (secondary N) is 1. The smallest absolute Gasteiger partial charge is 0.341 e. The molecule has 148 valence electrons. The number of hydrogen-bond acceptors (Lipinski definition) is 7. The van der Waals surface area contributed by atoms with Gasteiger partial charge in [0.2, 0.25) is 0 Å². The molecule has 29 heavy (non-hydrogen) atoms. The van der Waals surface area contributed by atoms with Gasteiger partial charge in [0.25, 0.3) is 5.91 Å². The Morgan fingerprint density at radius 3 is 2.55 bits per heavy atom. The SMILES string of the molecule is COC(=O)c1c(NC(=O)C(C#N)=Cc2ccccc2)sc2c1C(C(=O)OC)CC2.